The number of hydrogen-bond donors (Lipinski definition) is 3. The molecule has 0 spiro atoms. The lowest BCUT2D eigenvalue weighted by molar-refractivity contribution is 0.0650. The maximum Gasteiger partial charge on any atom is 0.315 e. The van der Waals surface area contributed by atoms with Gasteiger partial charge in [-0.1, -0.05) is 38.4 Å². The van der Waals surface area contributed by atoms with Gasteiger partial charge in [-0.25, -0.2) is 4.79 Å². The van der Waals surface area contributed by atoms with Gasteiger partial charge in [0.1, 0.15) is 5.75 Å². The first-order valence-electron chi connectivity index (χ1n) is 6.76. The molecule has 21 heavy (non-hydrogen) atoms. The number of aliphatic hydroxyl groups is 1. The monoisotopic (exact) mass is 314 g/mol. The van der Waals surface area contributed by atoms with Crippen LogP contribution < -0.4 is 15.4 Å². The van der Waals surface area contributed by atoms with Crippen LogP contribution in [0.25, 0.3) is 0 Å². The van der Waals surface area contributed by atoms with Crippen LogP contribution in [-0.4, -0.2) is 30.9 Å². The average Bonchev–Trinajstić information content (AvgIpc) is 2.42. The Hall–Kier alpha value is -1.46. The average molecular weight is 315 g/mol. The van der Waals surface area contributed by atoms with Gasteiger partial charge < -0.3 is 20.5 Å². The van der Waals surface area contributed by atoms with E-state index < -0.39 is 6.10 Å². The van der Waals surface area contributed by atoms with Gasteiger partial charge in [0.15, 0.2) is 0 Å². The number of benzene rings is 1. The van der Waals surface area contributed by atoms with E-state index >= 15 is 0 Å². The Morgan fingerprint density at radius 1 is 1.38 bits per heavy atom. The Bertz CT molecular complexity index is 486. The number of aliphatic hydroxyl groups excluding tert-OH is 1. The molecule has 5 nitrogen and oxygen atoms in total. The number of ether oxygens (including phenoxy) is 1. The fourth-order valence-electron chi connectivity index (χ4n) is 1.60. The SMILES string of the molecule is COc1cc(Cl)ccc1CNC(=O)NCC(O)C(C)(C)C. The maximum absolute atomic E-state index is 11.7. The third-order valence-electron chi connectivity index (χ3n) is 3.14. The van der Waals surface area contributed by atoms with E-state index in [9.17, 15) is 9.90 Å². The minimum Gasteiger partial charge on any atom is -0.496 e. The fraction of sp³-hybridized carbons (Fsp3) is 0.533. The van der Waals surface area contributed by atoms with E-state index in [2.05, 4.69) is 10.6 Å². The Labute approximate surface area is 130 Å². The van der Waals surface area contributed by atoms with Crippen molar-refractivity contribution in [3.05, 3.63) is 28.8 Å². The zero-order valence-corrected chi connectivity index (χ0v) is 13.6. The van der Waals surface area contributed by atoms with Crippen molar-refractivity contribution in [2.75, 3.05) is 13.7 Å². The molecule has 0 radical (unpaired) electrons. The highest BCUT2D eigenvalue weighted by molar-refractivity contribution is 6.30. The molecule has 118 valence electrons. The van der Waals surface area contributed by atoms with Gasteiger partial charge in [-0.2, -0.15) is 0 Å². The minimum atomic E-state index is -0.603. The summed E-state index contributed by atoms with van der Waals surface area (Å²) in [7, 11) is 1.55. The molecule has 0 aliphatic rings. The molecule has 0 heterocycles. The van der Waals surface area contributed by atoms with E-state index in [4.69, 9.17) is 16.3 Å². The van der Waals surface area contributed by atoms with E-state index in [-0.39, 0.29) is 18.0 Å². The molecule has 0 saturated carbocycles. The van der Waals surface area contributed by atoms with Crippen LogP contribution in [0.5, 0.6) is 5.75 Å². The number of carbonyl (C=O) groups excluding carboxylic acids is 1. The number of hydrogen-bond acceptors (Lipinski definition) is 3. The minimum absolute atomic E-state index is 0.201. The first kappa shape index (κ1) is 17.6. The molecule has 0 bridgehead atoms. The van der Waals surface area contributed by atoms with Crippen LogP contribution >= 0.6 is 11.6 Å². The first-order chi connectivity index (χ1) is 9.74. The lowest BCUT2D eigenvalue weighted by atomic mass is 9.89. The van der Waals surface area contributed by atoms with Crippen molar-refractivity contribution in [1.82, 2.24) is 10.6 Å². The van der Waals surface area contributed by atoms with Crippen molar-refractivity contribution in [2.45, 2.75) is 33.4 Å². The predicted molar refractivity (Wildman–Crippen MR) is 83.7 cm³/mol. The van der Waals surface area contributed by atoms with Crippen LogP contribution in [0.15, 0.2) is 18.2 Å². The number of urea groups is 1. The highest BCUT2D eigenvalue weighted by atomic mass is 35.5. The smallest absolute Gasteiger partial charge is 0.315 e. The molecule has 1 aromatic carbocycles. The molecule has 0 fully saturated rings. The van der Waals surface area contributed by atoms with Gasteiger partial charge in [0, 0.05) is 23.7 Å². The van der Waals surface area contributed by atoms with Crippen molar-refractivity contribution >= 4 is 17.6 Å². The van der Waals surface area contributed by atoms with Crippen LogP contribution in [-0.2, 0) is 6.54 Å². The van der Waals surface area contributed by atoms with Crippen molar-refractivity contribution in [2.24, 2.45) is 5.41 Å². The molecule has 1 atom stereocenters. The van der Waals surface area contributed by atoms with Gasteiger partial charge in [-0.15, -0.1) is 0 Å². The van der Waals surface area contributed by atoms with Gasteiger partial charge in [-0.05, 0) is 17.5 Å². The van der Waals surface area contributed by atoms with Gasteiger partial charge in [-0.3, -0.25) is 0 Å². The van der Waals surface area contributed by atoms with E-state index in [1.165, 1.54) is 0 Å². The van der Waals surface area contributed by atoms with Crippen LogP contribution in [0.3, 0.4) is 0 Å². The van der Waals surface area contributed by atoms with Gasteiger partial charge in [0.05, 0.1) is 13.2 Å². The molecule has 6 heteroatoms. The Kier molecular flexibility index (Phi) is 6.30. The molecular weight excluding hydrogens is 292 g/mol. The largest absolute Gasteiger partial charge is 0.496 e. The van der Waals surface area contributed by atoms with E-state index in [0.29, 0.717) is 17.3 Å². The van der Waals surface area contributed by atoms with Crippen molar-refractivity contribution in [1.29, 1.82) is 0 Å². The summed E-state index contributed by atoms with van der Waals surface area (Å²) in [6.45, 7) is 6.26. The second-order valence-electron chi connectivity index (χ2n) is 5.90. The summed E-state index contributed by atoms with van der Waals surface area (Å²) in [5, 5.41) is 15.8. The molecule has 0 saturated heterocycles. The topological polar surface area (TPSA) is 70.6 Å². The zero-order chi connectivity index (χ0) is 16.0. The third-order valence-corrected chi connectivity index (χ3v) is 3.38. The molecule has 1 rings (SSSR count). The molecular formula is C15H23ClN2O3. The summed E-state index contributed by atoms with van der Waals surface area (Å²) in [6.07, 6.45) is -0.603. The van der Waals surface area contributed by atoms with Crippen molar-refractivity contribution in [3.8, 4) is 5.75 Å². The summed E-state index contributed by atoms with van der Waals surface area (Å²) in [6, 6.07) is 4.89. The molecule has 1 aromatic rings. The highest BCUT2D eigenvalue weighted by Gasteiger charge is 2.22. The number of nitrogens with one attached hydrogen (secondary N) is 2. The number of carbonyl (C=O) groups is 1. The molecule has 0 aromatic heterocycles. The van der Waals surface area contributed by atoms with Crippen LogP contribution in [0.1, 0.15) is 26.3 Å². The Morgan fingerprint density at radius 2 is 2.05 bits per heavy atom. The summed E-state index contributed by atoms with van der Waals surface area (Å²) in [5.74, 6) is 0.623. The van der Waals surface area contributed by atoms with Gasteiger partial charge >= 0.3 is 6.03 Å². The standard InChI is InChI=1S/C15H23ClN2O3/c1-15(2,3)13(19)9-18-14(20)17-8-10-5-6-11(16)7-12(10)21-4/h5-7,13,19H,8-9H2,1-4H3,(H2,17,18,20). The predicted octanol–water partition coefficient (Wildman–Crippen LogP) is 2.55. The van der Waals surface area contributed by atoms with E-state index in [0.717, 1.165) is 5.56 Å². The lowest BCUT2D eigenvalue weighted by Crippen LogP contribution is -2.43. The highest BCUT2D eigenvalue weighted by Crippen LogP contribution is 2.22. The van der Waals surface area contributed by atoms with Crippen molar-refractivity contribution < 1.29 is 14.6 Å². The number of halogens is 1. The van der Waals surface area contributed by atoms with Crippen LogP contribution in [0.2, 0.25) is 5.02 Å². The number of rotatable bonds is 5. The second kappa shape index (κ2) is 7.52. The van der Waals surface area contributed by atoms with E-state index in [1.807, 2.05) is 20.8 Å². The summed E-state index contributed by atoms with van der Waals surface area (Å²) in [4.78, 5) is 11.7. The van der Waals surface area contributed by atoms with Gasteiger partial charge in [0.2, 0.25) is 0 Å². The molecule has 1 unspecified atom stereocenters. The summed E-state index contributed by atoms with van der Waals surface area (Å²) in [5.41, 5.74) is 0.556. The van der Waals surface area contributed by atoms with Crippen LogP contribution in [0.4, 0.5) is 4.79 Å². The van der Waals surface area contributed by atoms with Crippen molar-refractivity contribution in [3.63, 3.8) is 0 Å². The normalized spacial score (nSPS) is 12.7. The second-order valence-corrected chi connectivity index (χ2v) is 6.34. The summed E-state index contributed by atoms with van der Waals surface area (Å²) >= 11 is 5.88. The maximum atomic E-state index is 11.7. The number of amides is 2. The summed E-state index contributed by atoms with van der Waals surface area (Å²) < 4.78 is 5.21. The third kappa shape index (κ3) is 5.81. The molecule has 0 aliphatic carbocycles. The molecule has 3 N–H and O–H groups in total. The lowest BCUT2D eigenvalue weighted by Gasteiger charge is -2.25. The Morgan fingerprint density at radius 3 is 2.62 bits per heavy atom. The van der Waals surface area contributed by atoms with Gasteiger partial charge in [0.25, 0.3) is 0 Å². The molecule has 0 aliphatic heterocycles. The zero-order valence-electron chi connectivity index (χ0n) is 12.9. The van der Waals surface area contributed by atoms with Crippen LogP contribution in [0, 0.1) is 5.41 Å². The first-order valence-corrected chi connectivity index (χ1v) is 7.14. The quantitative estimate of drug-likeness (QED) is 0.782. The fourth-order valence-corrected chi connectivity index (χ4v) is 1.76. The Balaban J connectivity index is 2.47. The number of methoxy groups -OCH3 is 1. The van der Waals surface area contributed by atoms with E-state index in [1.54, 1.807) is 25.3 Å². The molecule has 2 amide bonds.